The molecule has 30 heavy (non-hydrogen) atoms. The lowest BCUT2D eigenvalue weighted by atomic mass is 10.2. The minimum absolute atomic E-state index is 0.0238. The molecule has 0 fully saturated rings. The highest BCUT2D eigenvalue weighted by molar-refractivity contribution is 5.93. The first-order valence-electron chi connectivity index (χ1n) is 9.31. The van der Waals surface area contributed by atoms with Crippen LogP contribution in [-0.4, -0.2) is 31.9 Å². The van der Waals surface area contributed by atoms with E-state index in [0.29, 0.717) is 18.0 Å². The Bertz CT molecular complexity index is 897. The van der Waals surface area contributed by atoms with Gasteiger partial charge < -0.3 is 14.8 Å². The lowest BCUT2D eigenvalue weighted by molar-refractivity contribution is -0.129. The van der Waals surface area contributed by atoms with Crippen LogP contribution in [0, 0.1) is 0 Å². The Morgan fingerprint density at radius 3 is 2.27 bits per heavy atom. The van der Waals surface area contributed by atoms with Gasteiger partial charge in [0.25, 0.3) is 5.91 Å². The normalized spacial score (nSPS) is 10.3. The molecule has 0 heterocycles. The van der Waals surface area contributed by atoms with Gasteiger partial charge in [-0.05, 0) is 29.3 Å². The third-order valence-electron chi connectivity index (χ3n) is 4.07. The first-order chi connectivity index (χ1) is 14.5. The van der Waals surface area contributed by atoms with E-state index in [2.05, 4.69) is 16.2 Å². The van der Waals surface area contributed by atoms with E-state index in [4.69, 9.17) is 9.47 Å². The number of carbonyl (C=O) groups is 3. The Morgan fingerprint density at radius 2 is 1.57 bits per heavy atom. The third-order valence-corrected chi connectivity index (χ3v) is 4.07. The number of rotatable bonds is 9. The number of hydrazine groups is 1. The predicted octanol–water partition coefficient (Wildman–Crippen LogP) is 1.96. The molecule has 0 aliphatic heterocycles. The average molecular weight is 411 g/mol. The second-order valence-corrected chi connectivity index (χ2v) is 6.25. The third kappa shape index (κ3) is 7.67. The summed E-state index contributed by atoms with van der Waals surface area (Å²) in [6.45, 7) is 0.402. The lowest BCUT2D eigenvalue weighted by Gasteiger charge is -2.08. The summed E-state index contributed by atoms with van der Waals surface area (Å²) in [6, 6.07) is 14.7. The lowest BCUT2D eigenvalue weighted by Crippen LogP contribution is -2.41. The van der Waals surface area contributed by atoms with E-state index < -0.39 is 11.8 Å². The van der Waals surface area contributed by atoms with Crippen LogP contribution in [0.25, 0.3) is 6.08 Å². The van der Waals surface area contributed by atoms with Gasteiger partial charge >= 0.3 is 0 Å². The Kier molecular flexibility index (Phi) is 8.92. The molecule has 0 saturated carbocycles. The molecule has 0 aliphatic carbocycles. The van der Waals surface area contributed by atoms with Crippen molar-refractivity contribution in [3.63, 3.8) is 0 Å². The molecule has 0 aliphatic rings. The van der Waals surface area contributed by atoms with Gasteiger partial charge in [-0.25, -0.2) is 0 Å². The van der Waals surface area contributed by atoms with E-state index in [1.54, 1.807) is 24.3 Å². The molecule has 0 spiro atoms. The van der Waals surface area contributed by atoms with Crippen LogP contribution < -0.4 is 25.6 Å². The van der Waals surface area contributed by atoms with Gasteiger partial charge in [0.15, 0.2) is 11.5 Å². The van der Waals surface area contributed by atoms with Crippen LogP contribution in [0.2, 0.25) is 0 Å². The van der Waals surface area contributed by atoms with Crippen LogP contribution in [0.15, 0.2) is 54.6 Å². The number of carbonyl (C=O) groups excluding carboxylic acids is 3. The zero-order chi connectivity index (χ0) is 21.8. The standard InChI is InChI=1S/C22H25N3O5/c1-29-18-10-8-16(14-19(18)30-2)9-11-21(27)24-25-22(28)13-12-20(26)23-15-17-6-4-3-5-7-17/h3-11,14H,12-13,15H2,1-2H3,(H,23,26)(H,24,27)(H,25,28)/b11-9+. The van der Waals surface area contributed by atoms with Crippen LogP contribution in [-0.2, 0) is 20.9 Å². The molecule has 3 N–H and O–H groups in total. The quantitative estimate of drug-likeness (QED) is 0.432. The average Bonchev–Trinajstić information content (AvgIpc) is 2.79. The summed E-state index contributed by atoms with van der Waals surface area (Å²) < 4.78 is 10.4. The number of nitrogens with one attached hydrogen (secondary N) is 3. The topological polar surface area (TPSA) is 106 Å². The molecule has 0 bridgehead atoms. The van der Waals surface area contributed by atoms with Gasteiger partial charge in [0.05, 0.1) is 14.2 Å². The van der Waals surface area contributed by atoms with Crippen molar-refractivity contribution in [2.45, 2.75) is 19.4 Å². The number of hydrogen-bond donors (Lipinski definition) is 3. The highest BCUT2D eigenvalue weighted by Crippen LogP contribution is 2.27. The molecule has 2 aromatic carbocycles. The number of benzene rings is 2. The van der Waals surface area contributed by atoms with Crippen molar-refractivity contribution >= 4 is 23.8 Å². The number of hydrogen-bond acceptors (Lipinski definition) is 5. The van der Waals surface area contributed by atoms with E-state index in [-0.39, 0.29) is 18.7 Å². The second kappa shape index (κ2) is 11.9. The van der Waals surface area contributed by atoms with Crippen LogP contribution in [0.3, 0.4) is 0 Å². The van der Waals surface area contributed by atoms with Gasteiger partial charge in [0.1, 0.15) is 0 Å². The zero-order valence-electron chi connectivity index (χ0n) is 16.9. The van der Waals surface area contributed by atoms with Gasteiger partial charge in [0, 0.05) is 25.5 Å². The largest absolute Gasteiger partial charge is 0.493 e. The van der Waals surface area contributed by atoms with Gasteiger partial charge in [-0.1, -0.05) is 36.4 Å². The summed E-state index contributed by atoms with van der Waals surface area (Å²) in [5.41, 5.74) is 6.25. The summed E-state index contributed by atoms with van der Waals surface area (Å²) >= 11 is 0. The van der Waals surface area contributed by atoms with Gasteiger partial charge in [-0.15, -0.1) is 0 Å². The van der Waals surface area contributed by atoms with Crippen LogP contribution in [0.5, 0.6) is 11.5 Å². The molecule has 2 rings (SSSR count). The molecule has 0 unspecified atom stereocenters. The maximum atomic E-state index is 11.8. The van der Waals surface area contributed by atoms with Crippen molar-refractivity contribution in [2.24, 2.45) is 0 Å². The van der Waals surface area contributed by atoms with Gasteiger partial charge in [0.2, 0.25) is 11.8 Å². The molecule has 8 nitrogen and oxygen atoms in total. The van der Waals surface area contributed by atoms with Gasteiger partial charge in [-0.3, -0.25) is 25.2 Å². The molecular formula is C22H25N3O5. The zero-order valence-corrected chi connectivity index (χ0v) is 16.9. The van der Waals surface area contributed by atoms with Crippen LogP contribution in [0.1, 0.15) is 24.0 Å². The van der Waals surface area contributed by atoms with Crippen molar-refractivity contribution in [1.82, 2.24) is 16.2 Å². The SMILES string of the molecule is COc1ccc(/C=C/C(=O)NNC(=O)CCC(=O)NCc2ccccc2)cc1OC. The minimum atomic E-state index is -0.508. The predicted molar refractivity (Wildman–Crippen MR) is 112 cm³/mol. The van der Waals surface area contributed by atoms with E-state index in [9.17, 15) is 14.4 Å². The molecule has 0 radical (unpaired) electrons. The van der Waals surface area contributed by atoms with Crippen LogP contribution in [0.4, 0.5) is 0 Å². The Labute approximate surface area is 175 Å². The van der Waals surface area contributed by atoms with Crippen molar-refractivity contribution in [3.05, 3.63) is 65.7 Å². The molecule has 158 valence electrons. The van der Waals surface area contributed by atoms with E-state index in [0.717, 1.165) is 11.1 Å². The van der Waals surface area contributed by atoms with Gasteiger partial charge in [-0.2, -0.15) is 0 Å². The fraction of sp³-hybridized carbons (Fsp3) is 0.227. The first-order valence-corrected chi connectivity index (χ1v) is 9.31. The van der Waals surface area contributed by atoms with Crippen molar-refractivity contribution in [1.29, 1.82) is 0 Å². The monoisotopic (exact) mass is 411 g/mol. The molecule has 0 saturated heterocycles. The van der Waals surface area contributed by atoms with Crippen molar-refractivity contribution in [3.8, 4) is 11.5 Å². The number of ether oxygens (including phenoxy) is 2. The Hall–Kier alpha value is -3.81. The number of methoxy groups -OCH3 is 2. The van der Waals surface area contributed by atoms with E-state index in [1.165, 1.54) is 20.3 Å². The minimum Gasteiger partial charge on any atom is -0.493 e. The summed E-state index contributed by atoms with van der Waals surface area (Å²) in [7, 11) is 3.06. The van der Waals surface area contributed by atoms with E-state index >= 15 is 0 Å². The molecule has 0 atom stereocenters. The van der Waals surface area contributed by atoms with Crippen molar-refractivity contribution in [2.75, 3.05) is 14.2 Å². The molecule has 2 aromatic rings. The summed E-state index contributed by atoms with van der Waals surface area (Å²) in [6.07, 6.45) is 2.82. The molecule has 8 heteroatoms. The fourth-order valence-electron chi connectivity index (χ4n) is 2.48. The first kappa shape index (κ1) is 22.5. The maximum Gasteiger partial charge on any atom is 0.262 e. The highest BCUT2D eigenvalue weighted by atomic mass is 16.5. The fourth-order valence-corrected chi connectivity index (χ4v) is 2.48. The van der Waals surface area contributed by atoms with Crippen LogP contribution >= 0.6 is 0 Å². The smallest absolute Gasteiger partial charge is 0.262 e. The maximum absolute atomic E-state index is 11.8. The van der Waals surface area contributed by atoms with E-state index in [1.807, 2.05) is 30.3 Å². The molecule has 0 aromatic heterocycles. The molecule has 3 amide bonds. The summed E-state index contributed by atoms with van der Waals surface area (Å²) in [5.74, 6) is -0.0869. The second-order valence-electron chi connectivity index (χ2n) is 6.25. The Balaban J connectivity index is 1.69. The number of amides is 3. The molecular weight excluding hydrogens is 386 g/mol. The highest BCUT2D eigenvalue weighted by Gasteiger charge is 2.08. The summed E-state index contributed by atoms with van der Waals surface area (Å²) in [5, 5.41) is 2.74. The Morgan fingerprint density at radius 1 is 0.867 bits per heavy atom. The summed E-state index contributed by atoms with van der Waals surface area (Å²) in [4.78, 5) is 35.4. The van der Waals surface area contributed by atoms with Crippen molar-refractivity contribution < 1.29 is 23.9 Å².